The molecular weight excluding hydrogens is 320 g/mol. The van der Waals surface area contributed by atoms with E-state index in [-0.39, 0.29) is 6.04 Å². The van der Waals surface area contributed by atoms with E-state index in [1.807, 2.05) is 0 Å². The third-order valence-electron chi connectivity index (χ3n) is 3.99. The molecule has 0 atom stereocenters. The zero-order valence-electron chi connectivity index (χ0n) is 12.7. The fraction of sp³-hybridized carbons (Fsp3) is 0.571. The molecule has 1 saturated heterocycles. The topological polar surface area (TPSA) is 75.2 Å². The molecule has 1 fully saturated rings. The van der Waals surface area contributed by atoms with Gasteiger partial charge in [0.15, 0.2) is 0 Å². The Morgan fingerprint density at radius 2 is 2.09 bits per heavy atom. The van der Waals surface area contributed by atoms with Gasteiger partial charge in [-0.1, -0.05) is 6.92 Å². The fourth-order valence-corrected chi connectivity index (χ4v) is 4.53. The summed E-state index contributed by atoms with van der Waals surface area (Å²) < 4.78 is 24.6. The van der Waals surface area contributed by atoms with Crippen LogP contribution in [-0.2, 0) is 16.4 Å². The van der Waals surface area contributed by atoms with Gasteiger partial charge in [0, 0.05) is 24.0 Å². The van der Waals surface area contributed by atoms with Crippen molar-refractivity contribution in [3.63, 3.8) is 0 Å². The van der Waals surface area contributed by atoms with E-state index in [0.29, 0.717) is 13.1 Å². The number of fused-ring (bicyclic) bond motifs is 1. The number of nitrogens with one attached hydrogen (secondary N) is 1. The van der Waals surface area contributed by atoms with Crippen molar-refractivity contribution in [1.82, 2.24) is 14.3 Å². The van der Waals surface area contributed by atoms with Gasteiger partial charge in [-0.3, -0.25) is 0 Å². The first-order valence-electron chi connectivity index (χ1n) is 7.42. The lowest BCUT2D eigenvalue weighted by Crippen LogP contribution is -2.41. The highest BCUT2D eigenvalue weighted by Gasteiger charge is 2.25. The maximum atomic E-state index is 11.5. The molecule has 0 unspecified atom stereocenters. The summed E-state index contributed by atoms with van der Waals surface area (Å²) in [6.45, 7) is 3.26. The molecule has 22 heavy (non-hydrogen) atoms. The Hall–Kier alpha value is -1.25. The number of sulfonamides is 1. The third kappa shape index (κ3) is 3.23. The Morgan fingerprint density at radius 3 is 2.73 bits per heavy atom. The Morgan fingerprint density at radius 1 is 1.36 bits per heavy atom. The van der Waals surface area contributed by atoms with Crippen molar-refractivity contribution in [3.8, 4) is 0 Å². The van der Waals surface area contributed by atoms with E-state index in [9.17, 15) is 8.42 Å². The molecule has 8 heteroatoms. The van der Waals surface area contributed by atoms with E-state index in [1.54, 1.807) is 22.0 Å². The van der Waals surface area contributed by atoms with Crippen LogP contribution in [0.15, 0.2) is 12.4 Å². The zero-order valence-corrected chi connectivity index (χ0v) is 14.4. The molecule has 1 N–H and O–H groups in total. The highest BCUT2D eigenvalue weighted by molar-refractivity contribution is 7.88. The summed E-state index contributed by atoms with van der Waals surface area (Å²) >= 11 is 1.70. The highest BCUT2D eigenvalue weighted by atomic mass is 32.2. The summed E-state index contributed by atoms with van der Waals surface area (Å²) in [6.07, 6.45) is 5.44. The van der Waals surface area contributed by atoms with Gasteiger partial charge in [0.2, 0.25) is 10.0 Å². The summed E-state index contributed by atoms with van der Waals surface area (Å²) in [5.74, 6) is 0.860. The Bertz CT molecular complexity index is 764. The first-order valence-corrected chi connectivity index (χ1v) is 10.1. The molecule has 3 rings (SSSR count). The van der Waals surface area contributed by atoms with Crippen molar-refractivity contribution >= 4 is 37.4 Å². The van der Waals surface area contributed by atoms with E-state index < -0.39 is 10.0 Å². The molecule has 2 aromatic heterocycles. The maximum Gasteiger partial charge on any atom is 0.211 e. The molecule has 2 aromatic rings. The molecule has 0 amide bonds. The van der Waals surface area contributed by atoms with Crippen LogP contribution in [0.4, 0.5) is 5.82 Å². The summed E-state index contributed by atoms with van der Waals surface area (Å²) in [7, 11) is -3.08. The number of aryl methyl sites for hydroxylation is 1. The van der Waals surface area contributed by atoms with Crippen molar-refractivity contribution in [2.45, 2.75) is 32.2 Å². The van der Waals surface area contributed by atoms with Crippen molar-refractivity contribution < 1.29 is 8.42 Å². The largest absolute Gasteiger partial charge is 0.367 e. The number of nitrogens with zero attached hydrogens (tertiary/aromatic N) is 3. The van der Waals surface area contributed by atoms with Gasteiger partial charge in [0.05, 0.1) is 11.6 Å². The van der Waals surface area contributed by atoms with Gasteiger partial charge in [-0.15, -0.1) is 11.3 Å². The molecule has 0 saturated carbocycles. The van der Waals surface area contributed by atoms with Gasteiger partial charge in [0.1, 0.15) is 17.0 Å². The maximum absolute atomic E-state index is 11.5. The molecule has 0 aliphatic carbocycles. The number of thiophene rings is 1. The quantitative estimate of drug-likeness (QED) is 0.922. The standard InChI is InChI=1S/C14H20N4O2S2/c1-3-11-8-12-13(15-9-16-14(12)21-11)17-10-4-6-18(7-5-10)22(2,19)20/h8-10H,3-7H2,1-2H3,(H,15,16,17). The predicted octanol–water partition coefficient (Wildman–Crippen LogP) is 2.09. The minimum Gasteiger partial charge on any atom is -0.367 e. The second kappa shape index (κ2) is 6.10. The van der Waals surface area contributed by atoms with Crippen LogP contribution in [0, 0.1) is 0 Å². The van der Waals surface area contributed by atoms with Crippen LogP contribution in [0.3, 0.4) is 0 Å². The number of aromatic nitrogens is 2. The Balaban J connectivity index is 1.73. The molecule has 3 heterocycles. The highest BCUT2D eigenvalue weighted by Crippen LogP contribution is 2.29. The van der Waals surface area contributed by atoms with Gasteiger partial charge in [-0.25, -0.2) is 22.7 Å². The first-order chi connectivity index (χ1) is 10.5. The van der Waals surface area contributed by atoms with E-state index in [0.717, 1.165) is 35.3 Å². The molecule has 0 radical (unpaired) electrons. The van der Waals surface area contributed by atoms with E-state index >= 15 is 0 Å². The van der Waals surface area contributed by atoms with Gasteiger partial charge < -0.3 is 5.32 Å². The lowest BCUT2D eigenvalue weighted by molar-refractivity contribution is 0.331. The number of piperidine rings is 1. The second-order valence-electron chi connectivity index (χ2n) is 5.59. The van der Waals surface area contributed by atoms with Crippen LogP contribution in [-0.4, -0.2) is 48.1 Å². The number of anilines is 1. The number of hydrogen-bond acceptors (Lipinski definition) is 6. The molecule has 120 valence electrons. The first kappa shape index (κ1) is 15.6. The van der Waals surface area contributed by atoms with Crippen LogP contribution in [0.25, 0.3) is 10.2 Å². The van der Waals surface area contributed by atoms with Gasteiger partial charge in [-0.2, -0.15) is 0 Å². The van der Waals surface area contributed by atoms with Gasteiger partial charge >= 0.3 is 0 Å². The van der Waals surface area contributed by atoms with Crippen LogP contribution in [0.5, 0.6) is 0 Å². The smallest absolute Gasteiger partial charge is 0.211 e. The van der Waals surface area contributed by atoms with Gasteiger partial charge in [-0.05, 0) is 25.3 Å². The molecule has 0 aromatic carbocycles. The van der Waals surface area contributed by atoms with E-state index in [1.165, 1.54) is 11.1 Å². The van der Waals surface area contributed by atoms with E-state index in [4.69, 9.17) is 0 Å². The zero-order chi connectivity index (χ0) is 15.7. The summed E-state index contributed by atoms with van der Waals surface area (Å²) in [5.41, 5.74) is 0. The SMILES string of the molecule is CCc1cc2c(NC3CCN(S(C)(=O)=O)CC3)ncnc2s1. The lowest BCUT2D eigenvalue weighted by Gasteiger charge is -2.30. The summed E-state index contributed by atoms with van der Waals surface area (Å²) in [6, 6.07) is 2.40. The predicted molar refractivity (Wildman–Crippen MR) is 89.9 cm³/mol. The second-order valence-corrected chi connectivity index (χ2v) is 8.69. The van der Waals surface area contributed by atoms with Crippen molar-refractivity contribution in [2.24, 2.45) is 0 Å². The molecule has 0 bridgehead atoms. The minimum atomic E-state index is -3.08. The summed E-state index contributed by atoms with van der Waals surface area (Å²) in [5, 5.41) is 4.53. The summed E-state index contributed by atoms with van der Waals surface area (Å²) in [4.78, 5) is 11.0. The minimum absolute atomic E-state index is 0.251. The Kier molecular flexibility index (Phi) is 4.33. The van der Waals surface area contributed by atoms with Gasteiger partial charge in [0.25, 0.3) is 0 Å². The Labute approximate surface area is 134 Å². The van der Waals surface area contributed by atoms with Crippen molar-refractivity contribution in [2.75, 3.05) is 24.7 Å². The number of hydrogen-bond donors (Lipinski definition) is 1. The molecule has 1 aliphatic rings. The van der Waals surface area contributed by atoms with Crippen molar-refractivity contribution in [3.05, 3.63) is 17.3 Å². The molecular formula is C14H20N4O2S2. The number of rotatable bonds is 4. The third-order valence-corrected chi connectivity index (χ3v) is 6.48. The monoisotopic (exact) mass is 340 g/mol. The molecule has 0 spiro atoms. The van der Waals surface area contributed by atoms with Crippen molar-refractivity contribution in [1.29, 1.82) is 0 Å². The molecule has 1 aliphatic heterocycles. The average Bonchev–Trinajstić information content (AvgIpc) is 2.91. The molecule has 6 nitrogen and oxygen atoms in total. The lowest BCUT2D eigenvalue weighted by atomic mass is 10.1. The normalized spacial score (nSPS) is 17.9. The van der Waals surface area contributed by atoms with Crippen LogP contribution in [0.1, 0.15) is 24.6 Å². The van der Waals surface area contributed by atoms with E-state index in [2.05, 4.69) is 28.3 Å². The average molecular weight is 340 g/mol. The van der Waals surface area contributed by atoms with Crippen LogP contribution < -0.4 is 5.32 Å². The van der Waals surface area contributed by atoms with Crippen LogP contribution in [0.2, 0.25) is 0 Å². The van der Waals surface area contributed by atoms with Crippen LogP contribution >= 0.6 is 11.3 Å². The fourth-order valence-electron chi connectivity index (χ4n) is 2.72.